The van der Waals surface area contributed by atoms with E-state index in [9.17, 15) is 9.59 Å². The average molecular weight is 170 g/mol. The summed E-state index contributed by atoms with van der Waals surface area (Å²) in [6, 6.07) is 0. The molecule has 0 saturated heterocycles. The molecule has 70 valence electrons. The van der Waals surface area contributed by atoms with Crippen LogP contribution in [0.15, 0.2) is 0 Å². The minimum Gasteiger partial charge on any atom is -0.291 e. The molecule has 0 rings (SSSR count). The van der Waals surface area contributed by atoms with E-state index in [1.807, 2.05) is 0 Å². The summed E-state index contributed by atoms with van der Waals surface area (Å²) in [7, 11) is 0. The van der Waals surface area contributed by atoms with Gasteiger partial charge in [-0.3, -0.25) is 9.59 Å². The lowest BCUT2D eigenvalue weighted by atomic mass is 10.1. The Balaban J connectivity index is 3.38. The van der Waals surface area contributed by atoms with E-state index in [0.29, 0.717) is 12.8 Å². The van der Waals surface area contributed by atoms with E-state index in [-0.39, 0.29) is 11.6 Å². The normalized spacial score (nSPS) is 9.83. The largest absolute Gasteiger partial charge is 0.291 e. The Kier molecular flexibility index (Phi) is 6.63. The summed E-state index contributed by atoms with van der Waals surface area (Å²) in [5.74, 6) is -0.403. The molecule has 0 radical (unpaired) electrons. The number of rotatable bonds is 7. The van der Waals surface area contributed by atoms with Crippen molar-refractivity contribution in [3.05, 3.63) is 0 Å². The monoisotopic (exact) mass is 170 g/mol. The van der Waals surface area contributed by atoms with Crippen molar-refractivity contribution in [2.75, 3.05) is 0 Å². The minimum absolute atomic E-state index is 0.186. The molecule has 0 aliphatic heterocycles. The summed E-state index contributed by atoms with van der Waals surface area (Å²) < 4.78 is 0. The van der Waals surface area contributed by atoms with Crippen LogP contribution in [-0.2, 0) is 9.59 Å². The van der Waals surface area contributed by atoms with Crippen LogP contribution in [0.5, 0.6) is 0 Å². The van der Waals surface area contributed by atoms with Crippen molar-refractivity contribution >= 4 is 11.6 Å². The molecule has 0 aliphatic rings. The summed E-state index contributed by atoms with van der Waals surface area (Å²) in [6.07, 6.45) is 5.07. The molecule has 0 fully saturated rings. The summed E-state index contributed by atoms with van der Waals surface area (Å²) in [4.78, 5) is 21.8. The fourth-order valence-corrected chi connectivity index (χ4v) is 1.05. The number of carbonyl (C=O) groups is 2. The van der Waals surface area contributed by atoms with E-state index < -0.39 is 0 Å². The molecular weight excluding hydrogens is 152 g/mol. The van der Waals surface area contributed by atoms with Crippen molar-refractivity contribution in [1.82, 2.24) is 0 Å². The van der Waals surface area contributed by atoms with Crippen molar-refractivity contribution < 1.29 is 9.59 Å². The highest BCUT2D eigenvalue weighted by Gasteiger charge is 2.09. The molecule has 0 atom stereocenters. The van der Waals surface area contributed by atoms with Gasteiger partial charge in [-0.2, -0.15) is 0 Å². The van der Waals surface area contributed by atoms with E-state index in [1.165, 1.54) is 0 Å². The van der Waals surface area contributed by atoms with Crippen molar-refractivity contribution in [2.24, 2.45) is 0 Å². The lowest BCUT2D eigenvalue weighted by Gasteiger charge is -1.97. The molecule has 0 saturated carbocycles. The zero-order valence-electron chi connectivity index (χ0n) is 8.06. The highest BCUT2D eigenvalue weighted by Crippen LogP contribution is 2.03. The van der Waals surface area contributed by atoms with Gasteiger partial charge in [0.1, 0.15) is 0 Å². The predicted molar refractivity (Wildman–Crippen MR) is 49.1 cm³/mol. The number of ketones is 2. The highest BCUT2D eigenvalue weighted by atomic mass is 16.2. The number of hydrogen-bond acceptors (Lipinski definition) is 2. The molecule has 2 nitrogen and oxygen atoms in total. The van der Waals surface area contributed by atoms with Crippen LogP contribution in [-0.4, -0.2) is 11.6 Å². The number of Topliss-reactive ketones (excluding diaryl/α,β-unsaturated/α-hetero) is 2. The van der Waals surface area contributed by atoms with Crippen LogP contribution in [0.4, 0.5) is 0 Å². The first-order valence-electron chi connectivity index (χ1n) is 4.78. The van der Waals surface area contributed by atoms with Crippen molar-refractivity contribution in [3.63, 3.8) is 0 Å². The first-order chi connectivity index (χ1) is 5.72. The first-order valence-corrected chi connectivity index (χ1v) is 4.78. The van der Waals surface area contributed by atoms with Crippen molar-refractivity contribution in [3.8, 4) is 0 Å². The SMILES string of the molecule is CCCCCCC(=O)C(=O)CC. The van der Waals surface area contributed by atoms with Crippen LogP contribution in [0.1, 0.15) is 52.4 Å². The van der Waals surface area contributed by atoms with Gasteiger partial charge in [-0.25, -0.2) is 0 Å². The quantitative estimate of drug-likeness (QED) is 0.434. The number of unbranched alkanes of at least 4 members (excludes halogenated alkanes) is 3. The van der Waals surface area contributed by atoms with Gasteiger partial charge in [-0.1, -0.05) is 33.1 Å². The van der Waals surface area contributed by atoms with Crippen LogP contribution in [0.3, 0.4) is 0 Å². The van der Waals surface area contributed by atoms with Crippen LogP contribution in [0.25, 0.3) is 0 Å². The summed E-state index contributed by atoms with van der Waals surface area (Å²) >= 11 is 0. The molecule has 0 aliphatic carbocycles. The molecule has 0 aromatic carbocycles. The standard InChI is InChI=1S/C10H18O2/c1-3-5-6-7-8-10(12)9(11)4-2/h3-8H2,1-2H3. The van der Waals surface area contributed by atoms with E-state index in [1.54, 1.807) is 6.92 Å². The van der Waals surface area contributed by atoms with Crippen LogP contribution in [0, 0.1) is 0 Å². The third-order valence-electron chi connectivity index (χ3n) is 1.89. The van der Waals surface area contributed by atoms with Gasteiger partial charge in [-0.15, -0.1) is 0 Å². The van der Waals surface area contributed by atoms with Crippen LogP contribution >= 0.6 is 0 Å². The topological polar surface area (TPSA) is 34.1 Å². The molecule has 0 aromatic rings. The maximum Gasteiger partial charge on any atom is 0.198 e. The fourth-order valence-electron chi connectivity index (χ4n) is 1.05. The minimum atomic E-state index is -0.216. The summed E-state index contributed by atoms with van der Waals surface area (Å²) in [5, 5.41) is 0. The molecule has 0 unspecified atom stereocenters. The second kappa shape index (κ2) is 7.01. The lowest BCUT2D eigenvalue weighted by molar-refractivity contribution is -0.136. The third-order valence-corrected chi connectivity index (χ3v) is 1.89. The van der Waals surface area contributed by atoms with Crippen LogP contribution in [0.2, 0.25) is 0 Å². The van der Waals surface area contributed by atoms with Crippen molar-refractivity contribution in [2.45, 2.75) is 52.4 Å². The van der Waals surface area contributed by atoms with Gasteiger partial charge in [0.2, 0.25) is 0 Å². The zero-order valence-corrected chi connectivity index (χ0v) is 8.06. The van der Waals surface area contributed by atoms with Gasteiger partial charge in [0.05, 0.1) is 0 Å². The van der Waals surface area contributed by atoms with Crippen molar-refractivity contribution in [1.29, 1.82) is 0 Å². The summed E-state index contributed by atoms with van der Waals surface area (Å²) in [6.45, 7) is 3.85. The number of carbonyl (C=O) groups excluding carboxylic acids is 2. The Morgan fingerprint density at radius 3 is 2.08 bits per heavy atom. The third kappa shape index (κ3) is 5.05. The summed E-state index contributed by atoms with van der Waals surface area (Å²) in [5.41, 5.74) is 0. The maximum atomic E-state index is 11.0. The fraction of sp³-hybridized carbons (Fsp3) is 0.800. The van der Waals surface area contributed by atoms with E-state index >= 15 is 0 Å². The molecule has 0 aromatic heterocycles. The molecule has 0 heterocycles. The molecule has 2 heteroatoms. The van der Waals surface area contributed by atoms with Gasteiger partial charge in [0.25, 0.3) is 0 Å². The molecule has 12 heavy (non-hydrogen) atoms. The van der Waals surface area contributed by atoms with Gasteiger partial charge < -0.3 is 0 Å². The zero-order chi connectivity index (χ0) is 9.40. The maximum absolute atomic E-state index is 11.0. The van der Waals surface area contributed by atoms with Gasteiger partial charge in [0.15, 0.2) is 11.6 Å². The lowest BCUT2D eigenvalue weighted by Crippen LogP contribution is -2.11. The molecular formula is C10H18O2. The Labute approximate surface area is 74.3 Å². The molecule has 0 spiro atoms. The van der Waals surface area contributed by atoms with E-state index in [2.05, 4.69) is 6.92 Å². The van der Waals surface area contributed by atoms with Crippen LogP contribution < -0.4 is 0 Å². The predicted octanol–water partition coefficient (Wildman–Crippen LogP) is 2.51. The first kappa shape index (κ1) is 11.3. The van der Waals surface area contributed by atoms with Gasteiger partial charge >= 0.3 is 0 Å². The highest BCUT2D eigenvalue weighted by molar-refractivity contribution is 6.37. The smallest absolute Gasteiger partial charge is 0.198 e. The Morgan fingerprint density at radius 1 is 0.917 bits per heavy atom. The number of hydrogen-bond donors (Lipinski definition) is 0. The Morgan fingerprint density at radius 2 is 1.58 bits per heavy atom. The van der Waals surface area contributed by atoms with E-state index in [4.69, 9.17) is 0 Å². The Bertz CT molecular complexity index is 150. The molecule has 0 bridgehead atoms. The van der Waals surface area contributed by atoms with E-state index in [0.717, 1.165) is 25.7 Å². The second-order valence-electron chi connectivity index (χ2n) is 3.01. The van der Waals surface area contributed by atoms with Gasteiger partial charge in [-0.05, 0) is 6.42 Å². The molecule has 0 N–H and O–H groups in total. The Hall–Kier alpha value is -0.660. The molecule has 0 amide bonds. The average Bonchev–Trinajstić information content (AvgIpc) is 2.10. The second-order valence-corrected chi connectivity index (χ2v) is 3.01. The van der Waals surface area contributed by atoms with Gasteiger partial charge in [0, 0.05) is 12.8 Å².